The highest BCUT2D eigenvalue weighted by molar-refractivity contribution is 5.96. The number of nitrogens with zero attached hydrogens (tertiary/aromatic N) is 1. The summed E-state index contributed by atoms with van der Waals surface area (Å²) in [6.07, 6.45) is 2.84. The molecule has 1 unspecified atom stereocenters. The maximum Gasteiger partial charge on any atom is 0.220 e. The zero-order chi connectivity index (χ0) is 19.3. The van der Waals surface area contributed by atoms with Crippen LogP contribution in [0.3, 0.4) is 0 Å². The number of furan rings is 1. The van der Waals surface area contributed by atoms with Crippen LogP contribution < -0.4 is 4.57 Å². The lowest BCUT2D eigenvalue weighted by Gasteiger charge is -2.13. The fourth-order valence-electron chi connectivity index (χ4n) is 3.75. The van der Waals surface area contributed by atoms with E-state index in [0.29, 0.717) is 12.0 Å². The first-order valence-electron chi connectivity index (χ1n) is 9.83. The average Bonchev–Trinajstić information content (AvgIpc) is 3.12. The number of benzene rings is 2. The van der Waals surface area contributed by atoms with Crippen molar-refractivity contribution in [2.45, 2.75) is 40.0 Å². The van der Waals surface area contributed by atoms with Crippen LogP contribution >= 0.6 is 0 Å². The molecule has 0 aliphatic rings. The summed E-state index contributed by atoms with van der Waals surface area (Å²) in [7, 11) is 2.05. The lowest BCUT2D eigenvalue weighted by atomic mass is 9.93. The largest absolute Gasteiger partial charge is 0.464 e. The van der Waals surface area contributed by atoms with Gasteiger partial charge in [-0.2, -0.15) is 4.57 Å². The lowest BCUT2D eigenvalue weighted by Crippen LogP contribution is -2.35. The highest BCUT2D eigenvalue weighted by atomic mass is 16.3. The smallest absolute Gasteiger partial charge is 0.220 e. The summed E-state index contributed by atoms with van der Waals surface area (Å²) >= 11 is 0. The molecule has 1 atom stereocenters. The Kier molecular flexibility index (Phi) is 3.77. The molecule has 2 aromatic heterocycles. The Balaban J connectivity index is 2.08. The molecule has 2 heterocycles. The quantitative estimate of drug-likeness (QED) is 0.404. The van der Waals surface area contributed by atoms with Gasteiger partial charge in [0.15, 0.2) is 5.69 Å². The Morgan fingerprint density at radius 2 is 1.92 bits per heavy atom. The number of pyridine rings is 1. The first kappa shape index (κ1) is 15.6. The van der Waals surface area contributed by atoms with E-state index in [2.05, 4.69) is 62.7 Å². The van der Waals surface area contributed by atoms with Crippen LogP contribution in [0.2, 0.25) is 0 Å². The summed E-state index contributed by atoms with van der Waals surface area (Å²) in [6.45, 7) is 8.63. The van der Waals surface area contributed by atoms with Crippen LogP contribution in [0.4, 0.5) is 0 Å². The van der Waals surface area contributed by atoms with Crippen molar-refractivity contribution >= 4 is 21.7 Å². The lowest BCUT2D eigenvalue weighted by molar-refractivity contribution is -0.665. The van der Waals surface area contributed by atoms with E-state index >= 15 is 0 Å². The first-order valence-corrected chi connectivity index (χ1v) is 9.33. The van der Waals surface area contributed by atoms with Gasteiger partial charge in [-0.1, -0.05) is 26.0 Å². The molecule has 0 spiro atoms. The minimum Gasteiger partial charge on any atom is -0.464 e. The zero-order valence-corrected chi connectivity index (χ0v) is 16.2. The Bertz CT molecular complexity index is 1170. The van der Waals surface area contributed by atoms with Gasteiger partial charge in [-0.15, -0.1) is 0 Å². The van der Waals surface area contributed by atoms with Crippen LogP contribution in [-0.2, 0) is 7.05 Å². The van der Waals surface area contributed by atoms with E-state index < -0.39 is 0 Å². The highest BCUT2D eigenvalue weighted by Crippen LogP contribution is 2.33. The van der Waals surface area contributed by atoms with Crippen molar-refractivity contribution in [2.75, 3.05) is 0 Å². The molecule has 26 heavy (non-hydrogen) atoms. The summed E-state index contributed by atoms with van der Waals surface area (Å²) in [5.41, 5.74) is 6.68. The molecular weight excluding hydrogens is 318 g/mol. The molecule has 2 heteroatoms. The van der Waals surface area contributed by atoms with Crippen LogP contribution in [0.15, 0.2) is 53.1 Å². The minimum atomic E-state index is 0.493. The number of rotatable bonds is 3. The molecule has 4 aromatic rings. The molecule has 0 N–H and O–H groups in total. The number of aryl methyl sites for hydroxylation is 1. The first-order chi connectivity index (χ1) is 12.9. The number of fused-ring (bicyclic) bond motifs is 2. The molecule has 0 saturated heterocycles. The van der Waals surface area contributed by atoms with Gasteiger partial charge in [0.2, 0.25) is 5.69 Å². The Hall–Kier alpha value is -2.61. The second-order valence-electron chi connectivity index (χ2n) is 7.36. The predicted molar refractivity (Wildman–Crippen MR) is 109 cm³/mol. The van der Waals surface area contributed by atoms with Gasteiger partial charge < -0.3 is 4.42 Å². The summed E-state index contributed by atoms with van der Waals surface area (Å²) < 4.78 is 16.5. The van der Waals surface area contributed by atoms with Gasteiger partial charge >= 0.3 is 0 Å². The van der Waals surface area contributed by atoms with Gasteiger partial charge in [0.05, 0.1) is 18.6 Å². The van der Waals surface area contributed by atoms with E-state index in [4.69, 9.17) is 5.79 Å². The second-order valence-corrected chi connectivity index (χ2v) is 7.36. The van der Waals surface area contributed by atoms with E-state index in [1.807, 2.05) is 13.0 Å². The second kappa shape index (κ2) is 6.28. The SMILES string of the molecule is [2H]c1c(C)[n+](C)c(-c2cc3occc3cc2C)c2ccc(C(C)CC)cc12. The minimum absolute atomic E-state index is 0.493. The normalized spacial score (nSPS) is 13.3. The average molecular weight is 345 g/mol. The van der Waals surface area contributed by atoms with E-state index in [-0.39, 0.29) is 0 Å². The van der Waals surface area contributed by atoms with E-state index in [9.17, 15) is 0 Å². The molecule has 132 valence electrons. The summed E-state index contributed by atoms with van der Waals surface area (Å²) in [5.74, 6) is 0.493. The Morgan fingerprint density at radius 1 is 1.12 bits per heavy atom. The number of aromatic nitrogens is 1. The fourth-order valence-corrected chi connectivity index (χ4v) is 3.75. The van der Waals surface area contributed by atoms with Crippen molar-refractivity contribution < 1.29 is 10.4 Å². The third-order valence-electron chi connectivity index (χ3n) is 5.69. The monoisotopic (exact) mass is 345 g/mol. The van der Waals surface area contributed by atoms with Crippen molar-refractivity contribution in [3.8, 4) is 11.3 Å². The Morgan fingerprint density at radius 3 is 2.69 bits per heavy atom. The van der Waals surface area contributed by atoms with Crippen LogP contribution in [0, 0.1) is 13.8 Å². The third kappa shape index (κ3) is 2.61. The molecule has 0 amide bonds. The van der Waals surface area contributed by atoms with Crippen LogP contribution in [0.1, 0.15) is 44.4 Å². The zero-order valence-electron chi connectivity index (χ0n) is 17.2. The highest BCUT2D eigenvalue weighted by Gasteiger charge is 2.21. The van der Waals surface area contributed by atoms with Gasteiger partial charge in [0.1, 0.15) is 12.6 Å². The molecule has 0 fully saturated rings. The summed E-state index contributed by atoms with van der Waals surface area (Å²) in [4.78, 5) is 0. The van der Waals surface area contributed by atoms with E-state index in [1.165, 1.54) is 11.1 Å². The maximum atomic E-state index is 8.70. The van der Waals surface area contributed by atoms with E-state index in [0.717, 1.165) is 45.1 Å². The maximum absolute atomic E-state index is 8.70. The van der Waals surface area contributed by atoms with Gasteiger partial charge in [-0.3, -0.25) is 0 Å². The third-order valence-corrected chi connectivity index (χ3v) is 5.69. The van der Waals surface area contributed by atoms with Gasteiger partial charge in [-0.25, -0.2) is 0 Å². The van der Waals surface area contributed by atoms with Gasteiger partial charge in [0, 0.05) is 18.4 Å². The molecule has 4 rings (SSSR count). The van der Waals surface area contributed by atoms with Crippen molar-refractivity contribution in [3.05, 3.63) is 65.5 Å². The van der Waals surface area contributed by atoms with Gasteiger partial charge in [-0.05, 0) is 60.0 Å². The summed E-state index contributed by atoms with van der Waals surface area (Å²) in [5, 5.41) is 3.27. The van der Waals surface area contributed by atoms with Crippen molar-refractivity contribution in [2.24, 2.45) is 7.05 Å². The molecule has 2 aromatic carbocycles. The van der Waals surface area contributed by atoms with Crippen LogP contribution in [-0.4, -0.2) is 0 Å². The molecule has 0 saturated carbocycles. The Labute approximate surface area is 156 Å². The van der Waals surface area contributed by atoms with Crippen LogP contribution in [0.5, 0.6) is 0 Å². The topological polar surface area (TPSA) is 17.0 Å². The fraction of sp³-hybridized carbons (Fsp3) is 0.292. The van der Waals surface area contributed by atoms with Crippen molar-refractivity contribution in [1.29, 1.82) is 0 Å². The summed E-state index contributed by atoms with van der Waals surface area (Å²) in [6, 6.07) is 13.5. The number of hydrogen-bond donors (Lipinski definition) is 0. The van der Waals surface area contributed by atoms with Crippen molar-refractivity contribution in [3.63, 3.8) is 0 Å². The molecule has 0 aliphatic heterocycles. The van der Waals surface area contributed by atoms with Crippen molar-refractivity contribution in [1.82, 2.24) is 0 Å². The molecule has 0 radical (unpaired) electrons. The predicted octanol–water partition coefficient (Wildman–Crippen LogP) is 6.21. The number of hydrogen-bond acceptors (Lipinski definition) is 1. The molecule has 0 aliphatic carbocycles. The van der Waals surface area contributed by atoms with Crippen LogP contribution in [0.25, 0.3) is 33.0 Å². The van der Waals surface area contributed by atoms with Gasteiger partial charge in [0.25, 0.3) is 0 Å². The molecule has 2 nitrogen and oxygen atoms in total. The molecule has 0 bridgehead atoms. The van der Waals surface area contributed by atoms with E-state index in [1.54, 1.807) is 6.26 Å². The standard InChI is InChI=1S/C24H26NO/c1-6-15(2)18-7-8-21-20(13-18)12-17(4)25(5)24(21)22-14-23-19(9-10-26-23)11-16(22)3/h7-15H,6H2,1-5H3/q+1/i12D. The molecular formula is C24H26NO+.